The van der Waals surface area contributed by atoms with Crippen LogP contribution in [0.1, 0.15) is 5.56 Å². The standard InChI is InChI=1S/C11H12N2O3/c12-8(11(15)16)4-6-5-13-10-7(6)2-1-3-9(10)14/h1-3,5,8,13-14H,4,12H2,(H,15,16)/t8-/m1/s1. The van der Waals surface area contributed by atoms with E-state index >= 15 is 0 Å². The van der Waals surface area contributed by atoms with Crippen molar-refractivity contribution >= 4 is 16.9 Å². The highest BCUT2D eigenvalue weighted by molar-refractivity contribution is 5.88. The molecule has 0 saturated carbocycles. The molecule has 0 aliphatic rings. The van der Waals surface area contributed by atoms with Gasteiger partial charge in [-0.25, -0.2) is 0 Å². The monoisotopic (exact) mass is 220 g/mol. The molecule has 2 rings (SSSR count). The topological polar surface area (TPSA) is 99.3 Å². The Morgan fingerprint density at radius 3 is 2.94 bits per heavy atom. The summed E-state index contributed by atoms with van der Waals surface area (Å²) >= 11 is 0. The second-order valence-corrected chi connectivity index (χ2v) is 3.66. The number of nitrogens with two attached hydrogens (primary N) is 1. The minimum absolute atomic E-state index is 0.146. The van der Waals surface area contributed by atoms with Crippen molar-refractivity contribution < 1.29 is 15.0 Å². The number of fused-ring (bicyclic) bond motifs is 1. The van der Waals surface area contributed by atoms with Crippen LogP contribution >= 0.6 is 0 Å². The first kappa shape index (κ1) is 10.5. The summed E-state index contributed by atoms with van der Waals surface area (Å²) in [6, 6.07) is 4.16. The molecule has 5 nitrogen and oxygen atoms in total. The molecule has 5 heteroatoms. The number of aromatic hydroxyl groups is 1. The minimum Gasteiger partial charge on any atom is -0.506 e. The van der Waals surface area contributed by atoms with Crippen molar-refractivity contribution in [2.75, 3.05) is 0 Å². The Labute approximate surface area is 91.5 Å². The number of rotatable bonds is 3. The number of H-pyrrole nitrogens is 1. The molecule has 84 valence electrons. The van der Waals surface area contributed by atoms with E-state index in [1.165, 1.54) is 0 Å². The first-order valence-electron chi connectivity index (χ1n) is 4.86. The maximum Gasteiger partial charge on any atom is 0.320 e. The Morgan fingerprint density at radius 2 is 2.25 bits per heavy atom. The van der Waals surface area contributed by atoms with Gasteiger partial charge in [0, 0.05) is 18.0 Å². The van der Waals surface area contributed by atoms with Crippen LogP contribution < -0.4 is 5.73 Å². The summed E-state index contributed by atoms with van der Waals surface area (Å²) in [5, 5.41) is 19.1. The number of carbonyl (C=O) groups is 1. The number of carboxylic acid groups (broad SMARTS) is 1. The normalized spacial score (nSPS) is 12.8. The van der Waals surface area contributed by atoms with Crippen LogP contribution in [0.15, 0.2) is 24.4 Å². The smallest absolute Gasteiger partial charge is 0.320 e. The first-order valence-corrected chi connectivity index (χ1v) is 4.86. The fourth-order valence-corrected chi connectivity index (χ4v) is 1.69. The highest BCUT2D eigenvalue weighted by Crippen LogP contribution is 2.26. The molecule has 1 aromatic carbocycles. The van der Waals surface area contributed by atoms with E-state index < -0.39 is 12.0 Å². The molecular weight excluding hydrogens is 208 g/mol. The number of phenolic OH excluding ortho intramolecular Hbond substituents is 1. The van der Waals surface area contributed by atoms with Crippen LogP contribution in [0.2, 0.25) is 0 Å². The third-order valence-corrected chi connectivity index (χ3v) is 2.54. The van der Waals surface area contributed by atoms with E-state index in [1.807, 2.05) is 6.07 Å². The lowest BCUT2D eigenvalue weighted by molar-refractivity contribution is -0.138. The molecule has 1 aromatic heterocycles. The fraction of sp³-hybridized carbons (Fsp3) is 0.182. The van der Waals surface area contributed by atoms with Gasteiger partial charge in [-0.05, 0) is 11.6 Å². The van der Waals surface area contributed by atoms with Gasteiger partial charge in [0.2, 0.25) is 0 Å². The van der Waals surface area contributed by atoms with E-state index in [4.69, 9.17) is 10.8 Å². The Hall–Kier alpha value is -2.01. The van der Waals surface area contributed by atoms with Crippen molar-refractivity contribution in [1.82, 2.24) is 4.98 Å². The number of aromatic amines is 1. The van der Waals surface area contributed by atoms with Crippen LogP contribution in [0.3, 0.4) is 0 Å². The fourth-order valence-electron chi connectivity index (χ4n) is 1.69. The third kappa shape index (κ3) is 1.72. The van der Waals surface area contributed by atoms with E-state index in [2.05, 4.69) is 4.98 Å². The second kappa shape index (κ2) is 3.86. The Kier molecular flexibility index (Phi) is 2.54. The quantitative estimate of drug-likeness (QED) is 0.615. The van der Waals surface area contributed by atoms with Crippen LogP contribution in [0.4, 0.5) is 0 Å². The molecule has 0 spiro atoms. The number of aromatic nitrogens is 1. The van der Waals surface area contributed by atoms with E-state index in [0.29, 0.717) is 5.52 Å². The highest BCUT2D eigenvalue weighted by atomic mass is 16.4. The number of aliphatic carboxylic acids is 1. The molecule has 0 fully saturated rings. The average molecular weight is 220 g/mol. The summed E-state index contributed by atoms with van der Waals surface area (Å²) in [6.07, 6.45) is 1.91. The van der Waals surface area contributed by atoms with Gasteiger partial charge < -0.3 is 20.9 Å². The maximum absolute atomic E-state index is 10.6. The van der Waals surface area contributed by atoms with E-state index in [1.54, 1.807) is 18.3 Å². The molecular formula is C11H12N2O3. The highest BCUT2D eigenvalue weighted by Gasteiger charge is 2.15. The van der Waals surface area contributed by atoms with Crippen molar-refractivity contribution in [2.45, 2.75) is 12.5 Å². The molecule has 0 aliphatic carbocycles. The molecule has 2 aromatic rings. The molecule has 0 saturated heterocycles. The molecule has 1 atom stereocenters. The molecule has 1 heterocycles. The minimum atomic E-state index is -1.03. The summed E-state index contributed by atoms with van der Waals surface area (Å²) < 4.78 is 0. The van der Waals surface area contributed by atoms with Crippen LogP contribution in [-0.4, -0.2) is 27.2 Å². The number of benzene rings is 1. The molecule has 0 bridgehead atoms. The third-order valence-electron chi connectivity index (χ3n) is 2.54. The number of hydrogen-bond donors (Lipinski definition) is 4. The van der Waals surface area contributed by atoms with Gasteiger partial charge in [0.05, 0.1) is 5.52 Å². The Morgan fingerprint density at radius 1 is 1.50 bits per heavy atom. The van der Waals surface area contributed by atoms with E-state index in [9.17, 15) is 9.90 Å². The predicted octanol–water partition coefficient (Wildman–Crippen LogP) is 0.828. The van der Waals surface area contributed by atoms with Crippen LogP contribution in [-0.2, 0) is 11.2 Å². The second-order valence-electron chi connectivity index (χ2n) is 3.66. The summed E-state index contributed by atoms with van der Waals surface area (Å²) in [7, 11) is 0. The van der Waals surface area contributed by atoms with Crippen LogP contribution in [0.25, 0.3) is 10.9 Å². The molecule has 0 aliphatic heterocycles. The first-order chi connectivity index (χ1) is 7.59. The summed E-state index contributed by atoms with van der Waals surface area (Å²) in [4.78, 5) is 13.5. The van der Waals surface area contributed by atoms with Crippen molar-refractivity contribution in [1.29, 1.82) is 0 Å². The van der Waals surface area contributed by atoms with Gasteiger partial charge in [-0.2, -0.15) is 0 Å². The zero-order valence-electron chi connectivity index (χ0n) is 8.47. The predicted molar refractivity (Wildman–Crippen MR) is 59.3 cm³/mol. The van der Waals surface area contributed by atoms with Crippen molar-refractivity contribution in [3.63, 3.8) is 0 Å². The number of para-hydroxylation sites is 1. The number of nitrogens with one attached hydrogen (secondary N) is 1. The number of phenols is 1. The summed E-state index contributed by atoms with van der Waals surface area (Å²) in [6.45, 7) is 0. The van der Waals surface area contributed by atoms with Gasteiger partial charge in [-0.15, -0.1) is 0 Å². The number of carboxylic acids is 1. The van der Waals surface area contributed by atoms with Crippen LogP contribution in [0, 0.1) is 0 Å². The molecule has 0 unspecified atom stereocenters. The van der Waals surface area contributed by atoms with Crippen molar-refractivity contribution in [2.24, 2.45) is 5.73 Å². The lowest BCUT2D eigenvalue weighted by Gasteiger charge is -2.04. The molecule has 0 radical (unpaired) electrons. The summed E-state index contributed by atoms with van der Waals surface area (Å²) in [5.41, 5.74) is 6.86. The van der Waals surface area contributed by atoms with Crippen molar-refractivity contribution in [3.8, 4) is 5.75 Å². The number of hydrogen-bond acceptors (Lipinski definition) is 3. The summed E-state index contributed by atoms with van der Waals surface area (Å²) in [5.74, 6) is -0.887. The van der Waals surface area contributed by atoms with Gasteiger partial charge in [0.25, 0.3) is 0 Å². The average Bonchev–Trinajstić information content (AvgIpc) is 2.63. The molecule has 5 N–H and O–H groups in total. The van der Waals surface area contributed by atoms with E-state index in [0.717, 1.165) is 10.9 Å². The van der Waals surface area contributed by atoms with Gasteiger partial charge in [-0.1, -0.05) is 12.1 Å². The largest absolute Gasteiger partial charge is 0.506 e. The van der Waals surface area contributed by atoms with Gasteiger partial charge in [-0.3, -0.25) is 4.79 Å². The lowest BCUT2D eigenvalue weighted by Crippen LogP contribution is -2.32. The van der Waals surface area contributed by atoms with Crippen molar-refractivity contribution in [3.05, 3.63) is 30.0 Å². The molecule has 16 heavy (non-hydrogen) atoms. The van der Waals surface area contributed by atoms with Gasteiger partial charge in [0.15, 0.2) is 0 Å². The Bertz CT molecular complexity index is 533. The Balaban J connectivity index is 2.39. The van der Waals surface area contributed by atoms with E-state index in [-0.39, 0.29) is 12.2 Å². The lowest BCUT2D eigenvalue weighted by atomic mass is 10.1. The SMILES string of the molecule is N[C@H](Cc1c[nH]c2c(O)cccc12)C(=O)O. The zero-order valence-corrected chi connectivity index (χ0v) is 8.47. The zero-order chi connectivity index (χ0) is 11.7. The van der Waals surface area contributed by atoms with Crippen LogP contribution in [0.5, 0.6) is 5.75 Å². The van der Waals surface area contributed by atoms with Gasteiger partial charge >= 0.3 is 5.97 Å². The molecule has 0 amide bonds. The maximum atomic E-state index is 10.6. The van der Waals surface area contributed by atoms with Gasteiger partial charge in [0.1, 0.15) is 11.8 Å².